The number of nitrogens with zero attached hydrogens (tertiary/aromatic N) is 1. The van der Waals surface area contributed by atoms with Crippen LogP contribution in [0.4, 0.5) is 0 Å². The lowest BCUT2D eigenvalue weighted by molar-refractivity contribution is -0.151. The Kier molecular flexibility index (Phi) is 5.03. The normalized spacial score (nSPS) is 20.9. The molecule has 6 heteroatoms. The molecule has 1 atom stereocenters. The van der Waals surface area contributed by atoms with Gasteiger partial charge in [-0.15, -0.1) is 0 Å². The van der Waals surface area contributed by atoms with Gasteiger partial charge in [0.25, 0.3) is 0 Å². The lowest BCUT2D eigenvalue weighted by atomic mass is 9.88. The summed E-state index contributed by atoms with van der Waals surface area (Å²) in [4.78, 5) is 25.4. The van der Waals surface area contributed by atoms with E-state index in [2.05, 4.69) is 0 Å². The van der Waals surface area contributed by atoms with Crippen LogP contribution in [0.15, 0.2) is 24.3 Å². The van der Waals surface area contributed by atoms with Gasteiger partial charge in [-0.1, -0.05) is 12.1 Å². The topological polar surface area (TPSA) is 76.1 Å². The van der Waals surface area contributed by atoms with Gasteiger partial charge in [0.05, 0.1) is 20.1 Å². The van der Waals surface area contributed by atoms with Crippen LogP contribution >= 0.6 is 0 Å². The third-order valence-corrected chi connectivity index (χ3v) is 4.10. The number of carboxylic acid groups (broad SMARTS) is 1. The van der Waals surface area contributed by atoms with Crippen molar-refractivity contribution in [2.45, 2.75) is 12.8 Å². The predicted molar refractivity (Wildman–Crippen MR) is 79.8 cm³/mol. The number of methoxy groups -OCH3 is 2. The summed E-state index contributed by atoms with van der Waals surface area (Å²) in [5.41, 5.74) is -0.102. The molecule has 1 N–H and O–H groups in total. The molecule has 0 aromatic heterocycles. The Balaban J connectivity index is 2.00. The van der Waals surface area contributed by atoms with Crippen LogP contribution in [0, 0.1) is 5.41 Å². The lowest BCUT2D eigenvalue weighted by Crippen LogP contribution is -2.40. The smallest absolute Gasteiger partial charge is 0.313 e. The first kappa shape index (κ1) is 16.3. The Morgan fingerprint density at radius 2 is 1.95 bits per heavy atom. The van der Waals surface area contributed by atoms with Crippen molar-refractivity contribution in [3.8, 4) is 5.75 Å². The quantitative estimate of drug-likeness (QED) is 0.854. The van der Waals surface area contributed by atoms with Crippen LogP contribution in [0.2, 0.25) is 0 Å². The molecule has 120 valence electrons. The summed E-state index contributed by atoms with van der Waals surface area (Å²) in [6.07, 6.45) is 0.678. The summed E-state index contributed by atoms with van der Waals surface area (Å²) in [7, 11) is 3.07. The first-order valence-corrected chi connectivity index (χ1v) is 7.14. The van der Waals surface area contributed by atoms with Gasteiger partial charge in [-0.3, -0.25) is 9.59 Å². The number of rotatable bonds is 6. The summed E-state index contributed by atoms with van der Waals surface area (Å²) >= 11 is 0. The van der Waals surface area contributed by atoms with Crippen LogP contribution in [-0.2, 0) is 20.7 Å². The molecule has 2 rings (SSSR count). The molecular formula is C16H21NO5. The van der Waals surface area contributed by atoms with Gasteiger partial charge < -0.3 is 19.5 Å². The maximum atomic E-state index is 12.3. The average molecular weight is 307 g/mol. The Morgan fingerprint density at radius 3 is 2.50 bits per heavy atom. The Hall–Kier alpha value is -2.08. The second-order valence-corrected chi connectivity index (χ2v) is 5.61. The van der Waals surface area contributed by atoms with Crippen LogP contribution in [0.5, 0.6) is 5.75 Å². The molecule has 6 nitrogen and oxygen atoms in total. The minimum atomic E-state index is -0.982. The van der Waals surface area contributed by atoms with E-state index in [4.69, 9.17) is 9.47 Å². The zero-order chi connectivity index (χ0) is 16.2. The number of carbonyl (C=O) groups is 2. The molecule has 1 amide bonds. The van der Waals surface area contributed by atoms with E-state index in [1.165, 1.54) is 7.11 Å². The number of carboxylic acids is 1. The van der Waals surface area contributed by atoms with Crippen LogP contribution < -0.4 is 4.74 Å². The Morgan fingerprint density at radius 1 is 1.27 bits per heavy atom. The SMILES string of the molecule is COCC1(C(=O)O)CCN(C(=O)Cc2ccc(OC)cc2)C1. The summed E-state index contributed by atoms with van der Waals surface area (Å²) < 4.78 is 10.1. The summed E-state index contributed by atoms with van der Waals surface area (Å²) in [5, 5.41) is 9.41. The van der Waals surface area contributed by atoms with Crippen molar-refractivity contribution in [3.05, 3.63) is 29.8 Å². The molecule has 1 unspecified atom stereocenters. The predicted octanol–water partition coefficient (Wildman–Crippen LogP) is 1.19. The van der Waals surface area contributed by atoms with Gasteiger partial charge in [0, 0.05) is 20.2 Å². The van der Waals surface area contributed by atoms with Crippen molar-refractivity contribution in [2.75, 3.05) is 33.9 Å². The minimum absolute atomic E-state index is 0.0654. The molecule has 1 aromatic rings. The number of aliphatic carboxylic acids is 1. The molecule has 0 bridgehead atoms. The molecule has 1 saturated heterocycles. The summed E-state index contributed by atoms with van der Waals surface area (Å²) in [6, 6.07) is 7.29. The average Bonchev–Trinajstić information content (AvgIpc) is 2.94. The second kappa shape index (κ2) is 6.79. The van der Waals surface area contributed by atoms with Crippen LogP contribution in [0.3, 0.4) is 0 Å². The first-order valence-electron chi connectivity index (χ1n) is 7.14. The Labute approximate surface area is 129 Å². The van der Waals surface area contributed by atoms with E-state index in [1.807, 2.05) is 12.1 Å². The van der Waals surface area contributed by atoms with E-state index in [0.717, 1.165) is 11.3 Å². The minimum Gasteiger partial charge on any atom is -0.497 e. The number of hydrogen-bond donors (Lipinski definition) is 1. The van der Waals surface area contributed by atoms with Gasteiger partial charge in [0.2, 0.25) is 5.91 Å². The fourth-order valence-electron chi connectivity index (χ4n) is 2.75. The molecule has 1 heterocycles. The third-order valence-electron chi connectivity index (χ3n) is 4.10. The van der Waals surface area contributed by atoms with Crippen LogP contribution in [-0.4, -0.2) is 55.8 Å². The monoisotopic (exact) mass is 307 g/mol. The van der Waals surface area contributed by atoms with E-state index in [0.29, 0.717) is 13.0 Å². The number of likely N-dealkylation sites (tertiary alicyclic amines) is 1. The maximum Gasteiger partial charge on any atom is 0.313 e. The number of hydrogen-bond acceptors (Lipinski definition) is 4. The van der Waals surface area contributed by atoms with E-state index < -0.39 is 11.4 Å². The molecule has 0 aliphatic carbocycles. The molecule has 22 heavy (non-hydrogen) atoms. The highest BCUT2D eigenvalue weighted by atomic mass is 16.5. The van der Waals surface area contributed by atoms with Crippen molar-refractivity contribution in [1.82, 2.24) is 4.90 Å². The highest BCUT2D eigenvalue weighted by Gasteiger charge is 2.46. The molecule has 0 spiro atoms. The van der Waals surface area contributed by atoms with Crippen molar-refractivity contribution in [2.24, 2.45) is 5.41 Å². The lowest BCUT2D eigenvalue weighted by Gasteiger charge is -2.23. The van der Waals surface area contributed by atoms with Gasteiger partial charge in [-0.2, -0.15) is 0 Å². The van der Waals surface area contributed by atoms with E-state index >= 15 is 0 Å². The number of ether oxygens (including phenoxy) is 2. The highest BCUT2D eigenvalue weighted by molar-refractivity contribution is 5.82. The molecule has 1 aliphatic heterocycles. The number of benzene rings is 1. The maximum absolute atomic E-state index is 12.3. The fourth-order valence-corrected chi connectivity index (χ4v) is 2.75. The summed E-state index contributed by atoms with van der Waals surface area (Å²) in [6.45, 7) is 0.768. The zero-order valence-corrected chi connectivity index (χ0v) is 12.9. The van der Waals surface area contributed by atoms with Gasteiger partial charge in [-0.05, 0) is 24.1 Å². The Bertz CT molecular complexity index is 542. The van der Waals surface area contributed by atoms with Gasteiger partial charge in [-0.25, -0.2) is 0 Å². The molecule has 1 fully saturated rings. The third kappa shape index (κ3) is 3.39. The largest absolute Gasteiger partial charge is 0.497 e. The number of carbonyl (C=O) groups excluding carboxylic acids is 1. The molecule has 1 aromatic carbocycles. The molecular weight excluding hydrogens is 286 g/mol. The van der Waals surface area contributed by atoms with Crippen molar-refractivity contribution < 1.29 is 24.2 Å². The highest BCUT2D eigenvalue weighted by Crippen LogP contribution is 2.31. The first-order chi connectivity index (χ1) is 10.5. The van der Waals surface area contributed by atoms with Crippen molar-refractivity contribution >= 4 is 11.9 Å². The second-order valence-electron chi connectivity index (χ2n) is 5.61. The van der Waals surface area contributed by atoms with Gasteiger partial charge in [0.15, 0.2) is 0 Å². The van der Waals surface area contributed by atoms with Crippen LogP contribution in [0.25, 0.3) is 0 Å². The molecule has 1 aliphatic rings. The van der Waals surface area contributed by atoms with Gasteiger partial charge in [0.1, 0.15) is 11.2 Å². The molecule has 0 radical (unpaired) electrons. The van der Waals surface area contributed by atoms with Gasteiger partial charge >= 0.3 is 5.97 Å². The molecule has 0 saturated carbocycles. The van der Waals surface area contributed by atoms with Crippen LogP contribution in [0.1, 0.15) is 12.0 Å². The summed E-state index contributed by atoms with van der Waals surface area (Å²) in [5.74, 6) is -0.235. The van der Waals surface area contributed by atoms with E-state index in [-0.39, 0.29) is 25.5 Å². The standard InChI is InChI=1S/C16H21NO5/c1-21-11-16(15(19)20)7-8-17(10-16)14(18)9-12-3-5-13(22-2)6-4-12/h3-6H,7-11H2,1-2H3,(H,19,20). The zero-order valence-electron chi connectivity index (χ0n) is 12.9. The number of amides is 1. The van der Waals surface area contributed by atoms with E-state index in [9.17, 15) is 14.7 Å². The van der Waals surface area contributed by atoms with E-state index in [1.54, 1.807) is 24.1 Å². The van der Waals surface area contributed by atoms with Crippen molar-refractivity contribution in [1.29, 1.82) is 0 Å². The fraction of sp³-hybridized carbons (Fsp3) is 0.500. The van der Waals surface area contributed by atoms with Crippen molar-refractivity contribution in [3.63, 3.8) is 0 Å².